The van der Waals surface area contributed by atoms with Crippen molar-refractivity contribution in [3.05, 3.63) is 36.1 Å². The molecule has 0 aliphatic carbocycles. The van der Waals surface area contributed by atoms with Crippen LogP contribution in [0.4, 0.5) is 0 Å². The predicted octanol–water partition coefficient (Wildman–Crippen LogP) is 3.34. The number of aliphatic hydroxyl groups is 1. The Kier molecular flexibility index (Phi) is 3.58. The molecule has 1 aromatic carbocycles. The number of nitrogens with zero attached hydrogens (tertiary/aromatic N) is 1. The highest BCUT2D eigenvalue weighted by atomic mass is 16.4. The molecule has 0 spiro atoms. The number of hydrogen-bond acceptors (Lipinski definition) is 3. The molecule has 1 aliphatic heterocycles. The third-order valence-electron chi connectivity index (χ3n) is 4.15. The molecule has 0 bridgehead atoms. The van der Waals surface area contributed by atoms with Crippen molar-refractivity contribution in [1.29, 1.82) is 0 Å². The smallest absolute Gasteiger partial charge is 0.135 e. The highest BCUT2D eigenvalue weighted by Crippen LogP contribution is 2.27. The number of hydrogen-bond donors (Lipinski definition) is 1. The number of fused-ring (bicyclic) bond motifs is 1. The molecule has 102 valence electrons. The number of β-amino-alcohol motifs (C(OH)–C–C–N with tert-alkyl or cyclic N) is 1. The van der Waals surface area contributed by atoms with E-state index in [4.69, 9.17) is 4.42 Å². The summed E-state index contributed by atoms with van der Waals surface area (Å²) in [4.78, 5) is 2.39. The van der Waals surface area contributed by atoms with E-state index in [0.717, 1.165) is 23.9 Å². The molecule has 1 saturated heterocycles. The predicted molar refractivity (Wildman–Crippen MR) is 76.1 cm³/mol. The Labute approximate surface area is 113 Å². The Morgan fingerprint density at radius 1 is 1.42 bits per heavy atom. The molecule has 3 rings (SSSR count). The topological polar surface area (TPSA) is 36.6 Å². The van der Waals surface area contributed by atoms with E-state index in [1.807, 2.05) is 30.3 Å². The summed E-state index contributed by atoms with van der Waals surface area (Å²) in [5.41, 5.74) is 0.852. The van der Waals surface area contributed by atoms with Crippen molar-refractivity contribution >= 4 is 11.0 Å². The van der Waals surface area contributed by atoms with E-state index in [9.17, 15) is 5.11 Å². The molecule has 0 radical (unpaired) electrons. The summed E-state index contributed by atoms with van der Waals surface area (Å²) in [5, 5.41) is 11.4. The molecule has 2 aromatic rings. The van der Waals surface area contributed by atoms with Gasteiger partial charge in [0.1, 0.15) is 17.4 Å². The maximum Gasteiger partial charge on any atom is 0.135 e. The first-order valence-electron chi connectivity index (χ1n) is 7.18. The molecular weight excluding hydrogens is 238 g/mol. The van der Waals surface area contributed by atoms with Gasteiger partial charge in [0.05, 0.1) is 0 Å². The van der Waals surface area contributed by atoms with Crippen molar-refractivity contribution in [3.63, 3.8) is 0 Å². The highest BCUT2D eigenvalue weighted by Gasteiger charge is 2.26. The van der Waals surface area contributed by atoms with E-state index >= 15 is 0 Å². The number of rotatable bonds is 4. The van der Waals surface area contributed by atoms with Crippen LogP contribution in [0.2, 0.25) is 0 Å². The van der Waals surface area contributed by atoms with E-state index < -0.39 is 6.10 Å². The summed E-state index contributed by atoms with van der Waals surface area (Å²) in [6.45, 7) is 3.99. The number of para-hydroxylation sites is 1. The van der Waals surface area contributed by atoms with Gasteiger partial charge in [-0.2, -0.15) is 0 Å². The molecule has 2 unspecified atom stereocenters. The van der Waals surface area contributed by atoms with Crippen LogP contribution >= 0.6 is 0 Å². The molecule has 0 amide bonds. The standard InChI is InChI=1S/C16H21NO2/c1-2-13-7-5-9-17(13)11-14(18)16-10-12-6-3-4-8-15(12)19-16/h3-4,6,8,10,13-14,18H,2,5,7,9,11H2,1H3. The minimum atomic E-state index is -0.528. The first kappa shape index (κ1) is 12.7. The largest absolute Gasteiger partial charge is 0.458 e. The van der Waals surface area contributed by atoms with Gasteiger partial charge >= 0.3 is 0 Å². The van der Waals surface area contributed by atoms with Gasteiger partial charge in [-0.25, -0.2) is 0 Å². The maximum absolute atomic E-state index is 10.4. The molecule has 0 saturated carbocycles. The van der Waals surface area contributed by atoms with E-state index in [1.54, 1.807) is 0 Å². The zero-order chi connectivity index (χ0) is 13.2. The van der Waals surface area contributed by atoms with Gasteiger partial charge in [-0.05, 0) is 37.9 Å². The summed E-state index contributed by atoms with van der Waals surface area (Å²) in [6.07, 6.45) is 3.13. The molecule has 1 fully saturated rings. The molecule has 1 aliphatic rings. The maximum atomic E-state index is 10.4. The third-order valence-corrected chi connectivity index (χ3v) is 4.15. The highest BCUT2D eigenvalue weighted by molar-refractivity contribution is 5.77. The molecule has 19 heavy (non-hydrogen) atoms. The number of aliphatic hydroxyl groups excluding tert-OH is 1. The van der Waals surface area contributed by atoms with Gasteiger partial charge in [0.25, 0.3) is 0 Å². The van der Waals surface area contributed by atoms with Crippen LogP contribution in [-0.2, 0) is 0 Å². The lowest BCUT2D eigenvalue weighted by Gasteiger charge is -2.25. The second-order valence-electron chi connectivity index (χ2n) is 5.40. The molecule has 3 heteroatoms. The molecule has 3 nitrogen and oxygen atoms in total. The van der Waals surface area contributed by atoms with Crippen LogP contribution in [-0.4, -0.2) is 29.1 Å². The summed E-state index contributed by atoms with van der Waals surface area (Å²) in [6, 6.07) is 10.5. The number of furan rings is 1. The zero-order valence-electron chi connectivity index (χ0n) is 11.4. The van der Waals surface area contributed by atoms with Crippen molar-refractivity contribution in [3.8, 4) is 0 Å². The van der Waals surface area contributed by atoms with Crippen LogP contribution in [0.3, 0.4) is 0 Å². The molecule has 2 heterocycles. The van der Waals surface area contributed by atoms with Gasteiger partial charge in [0, 0.05) is 18.0 Å². The molecular formula is C16H21NO2. The number of benzene rings is 1. The Hall–Kier alpha value is -1.32. The minimum Gasteiger partial charge on any atom is -0.458 e. The summed E-state index contributed by atoms with van der Waals surface area (Å²) >= 11 is 0. The van der Waals surface area contributed by atoms with Gasteiger partial charge in [-0.3, -0.25) is 4.90 Å². The average Bonchev–Trinajstić information content (AvgIpc) is 3.03. The van der Waals surface area contributed by atoms with Gasteiger partial charge in [-0.1, -0.05) is 25.1 Å². The van der Waals surface area contributed by atoms with Crippen LogP contribution in [0, 0.1) is 0 Å². The SMILES string of the molecule is CCC1CCCN1CC(O)c1cc2ccccc2o1. The first-order valence-corrected chi connectivity index (χ1v) is 7.18. The fourth-order valence-corrected chi connectivity index (χ4v) is 3.08. The van der Waals surface area contributed by atoms with Crippen LogP contribution in [0.25, 0.3) is 11.0 Å². The van der Waals surface area contributed by atoms with Gasteiger partial charge in [0.2, 0.25) is 0 Å². The quantitative estimate of drug-likeness (QED) is 0.915. The van der Waals surface area contributed by atoms with Crippen molar-refractivity contribution in [2.24, 2.45) is 0 Å². The van der Waals surface area contributed by atoms with E-state index in [0.29, 0.717) is 18.3 Å². The third kappa shape index (κ3) is 2.53. The van der Waals surface area contributed by atoms with E-state index in [1.165, 1.54) is 12.8 Å². The minimum absolute atomic E-state index is 0.528. The van der Waals surface area contributed by atoms with E-state index in [-0.39, 0.29) is 0 Å². The van der Waals surface area contributed by atoms with Crippen molar-refractivity contribution in [2.45, 2.75) is 38.3 Å². The lowest BCUT2D eigenvalue weighted by atomic mass is 10.1. The number of likely N-dealkylation sites (tertiary alicyclic amines) is 1. The Bertz CT molecular complexity index is 515. The molecule has 1 aromatic heterocycles. The van der Waals surface area contributed by atoms with Crippen molar-refractivity contribution < 1.29 is 9.52 Å². The molecule has 1 N–H and O–H groups in total. The van der Waals surface area contributed by atoms with Crippen LogP contribution in [0.15, 0.2) is 34.7 Å². The first-order chi connectivity index (χ1) is 9.28. The van der Waals surface area contributed by atoms with E-state index in [2.05, 4.69) is 11.8 Å². The van der Waals surface area contributed by atoms with Crippen LogP contribution in [0.1, 0.15) is 38.1 Å². The van der Waals surface area contributed by atoms with Gasteiger partial charge < -0.3 is 9.52 Å². The normalized spacial score (nSPS) is 22.1. The fraction of sp³-hybridized carbons (Fsp3) is 0.500. The van der Waals surface area contributed by atoms with Crippen molar-refractivity contribution in [1.82, 2.24) is 4.90 Å². The van der Waals surface area contributed by atoms with Gasteiger partial charge in [-0.15, -0.1) is 0 Å². The molecule has 2 atom stereocenters. The Morgan fingerprint density at radius 2 is 2.26 bits per heavy atom. The van der Waals surface area contributed by atoms with Crippen LogP contribution < -0.4 is 0 Å². The summed E-state index contributed by atoms with van der Waals surface area (Å²) < 4.78 is 5.73. The summed E-state index contributed by atoms with van der Waals surface area (Å²) in [7, 11) is 0. The lowest BCUT2D eigenvalue weighted by molar-refractivity contribution is 0.0891. The monoisotopic (exact) mass is 259 g/mol. The second kappa shape index (κ2) is 5.35. The lowest BCUT2D eigenvalue weighted by Crippen LogP contribution is -2.32. The Morgan fingerprint density at radius 3 is 3.05 bits per heavy atom. The Balaban J connectivity index is 1.74. The van der Waals surface area contributed by atoms with Crippen LogP contribution in [0.5, 0.6) is 0 Å². The zero-order valence-corrected chi connectivity index (χ0v) is 11.4. The summed E-state index contributed by atoms with van der Waals surface area (Å²) in [5.74, 6) is 0.683. The fourth-order valence-electron chi connectivity index (χ4n) is 3.08. The average molecular weight is 259 g/mol. The van der Waals surface area contributed by atoms with Gasteiger partial charge in [0.15, 0.2) is 0 Å². The van der Waals surface area contributed by atoms with Crippen molar-refractivity contribution in [2.75, 3.05) is 13.1 Å². The second-order valence-corrected chi connectivity index (χ2v) is 5.40.